The molecule has 0 amide bonds. The number of para-hydroxylation sites is 2. The second kappa shape index (κ2) is 5.46. The van der Waals surface area contributed by atoms with E-state index in [1.165, 1.54) is 0 Å². The Morgan fingerprint density at radius 1 is 1.08 bits per heavy atom. The molecule has 1 aromatic heterocycles. The van der Waals surface area contributed by atoms with Gasteiger partial charge in [-0.05, 0) is 36.6 Å². The molecule has 0 saturated heterocycles. The van der Waals surface area contributed by atoms with Crippen LogP contribution in [0, 0.1) is 0 Å². The van der Waals surface area contributed by atoms with Crippen LogP contribution in [0.1, 0.15) is 30.9 Å². The largest absolute Gasteiger partial charge is 0.329 e. The highest BCUT2D eigenvalue weighted by atomic mass is 35.5. The van der Waals surface area contributed by atoms with Crippen LogP contribution in [-0.4, -0.2) is 15.3 Å². The Bertz CT molecular complexity index is 1050. The van der Waals surface area contributed by atoms with Gasteiger partial charge in [-0.25, -0.2) is 4.98 Å². The van der Waals surface area contributed by atoms with E-state index in [4.69, 9.17) is 16.6 Å². The lowest BCUT2D eigenvalue weighted by atomic mass is 9.85. The molecule has 0 fully saturated rings. The predicted molar refractivity (Wildman–Crippen MR) is 98.8 cm³/mol. The van der Waals surface area contributed by atoms with E-state index < -0.39 is 0 Å². The summed E-state index contributed by atoms with van der Waals surface area (Å²) in [4.78, 5) is 17.6. The maximum atomic E-state index is 12.8. The number of hydrogen-bond donors (Lipinski definition) is 1. The van der Waals surface area contributed by atoms with E-state index in [2.05, 4.69) is 9.88 Å². The molecule has 25 heavy (non-hydrogen) atoms. The number of nitrogens with one attached hydrogen (secondary N) is 1. The van der Waals surface area contributed by atoms with Crippen LogP contribution < -0.4 is 5.32 Å². The molecule has 0 radical (unpaired) electrons. The highest BCUT2D eigenvalue weighted by Crippen LogP contribution is 2.44. The lowest BCUT2D eigenvalue weighted by Crippen LogP contribution is -2.31. The second-order valence-electron chi connectivity index (χ2n) is 6.51. The number of benzene rings is 2. The number of rotatable bonds is 1. The Kier molecular flexibility index (Phi) is 3.22. The monoisotopic (exact) mass is 349 g/mol. The van der Waals surface area contributed by atoms with Crippen molar-refractivity contribution >= 4 is 34.4 Å². The van der Waals surface area contributed by atoms with Crippen LogP contribution in [0.3, 0.4) is 0 Å². The van der Waals surface area contributed by atoms with Crippen LogP contribution in [0.5, 0.6) is 0 Å². The van der Waals surface area contributed by atoms with Gasteiger partial charge >= 0.3 is 0 Å². The van der Waals surface area contributed by atoms with Crippen LogP contribution in [0.25, 0.3) is 11.0 Å². The van der Waals surface area contributed by atoms with Crippen LogP contribution >= 0.6 is 11.6 Å². The minimum atomic E-state index is -0.236. The van der Waals surface area contributed by atoms with Gasteiger partial charge < -0.3 is 5.32 Å². The van der Waals surface area contributed by atoms with Gasteiger partial charge in [0.15, 0.2) is 5.78 Å². The lowest BCUT2D eigenvalue weighted by Gasteiger charge is -2.34. The third-order valence-electron chi connectivity index (χ3n) is 5.05. The van der Waals surface area contributed by atoms with Gasteiger partial charge in [-0.2, -0.15) is 0 Å². The van der Waals surface area contributed by atoms with Crippen LogP contribution in [0.4, 0.5) is 5.95 Å². The Morgan fingerprint density at radius 3 is 2.76 bits per heavy atom. The summed E-state index contributed by atoms with van der Waals surface area (Å²) >= 11 is 6.53. The Balaban J connectivity index is 1.85. The molecular weight excluding hydrogens is 334 g/mol. The molecule has 3 aromatic rings. The summed E-state index contributed by atoms with van der Waals surface area (Å²) in [5, 5.41) is 4.08. The molecule has 1 aliphatic heterocycles. The van der Waals surface area contributed by atoms with Crippen molar-refractivity contribution in [3.8, 4) is 0 Å². The molecule has 1 atom stereocenters. The van der Waals surface area contributed by atoms with E-state index >= 15 is 0 Å². The molecule has 2 aromatic carbocycles. The van der Waals surface area contributed by atoms with Gasteiger partial charge in [-0.1, -0.05) is 41.9 Å². The number of ketones is 1. The predicted octanol–water partition coefficient (Wildman–Crippen LogP) is 4.71. The zero-order valence-corrected chi connectivity index (χ0v) is 14.3. The standard InChI is InChI=1S/C20H16ClN3O/c21-13-7-2-1-6-12(13)19-18-15(9-5-11-17(18)25)23-20-22-14-8-3-4-10-16(14)24(19)20/h1-4,6-8,10,19H,5,9,11H2,(H,22,23)/t19-/m0/s1. The van der Waals surface area contributed by atoms with E-state index in [1.807, 2.05) is 48.5 Å². The molecule has 1 N–H and O–H groups in total. The number of aromatic nitrogens is 2. The third kappa shape index (κ3) is 2.14. The zero-order valence-electron chi connectivity index (χ0n) is 13.5. The van der Waals surface area contributed by atoms with E-state index in [9.17, 15) is 4.79 Å². The molecule has 5 heteroatoms. The minimum Gasteiger partial charge on any atom is -0.329 e. The van der Waals surface area contributed by atoms with Crippen molar-refractivity contribution in [2.24, 2.45) is 0 Å². The fraction of sp³-hybridized carbons (Fsp3) is 0.200. The number of allylic oxidation sites excluding steroid dienone is 2. The normalized spacial score (nSPS) is 19.6. The zero-order chi connectivity index (χ0) is 17.0. The summed E-state index contributed by atoms with van der Waals surface area (Å²) in [6.07, 6.45) is 2.33. The number of hydrogen-bond acceptors (Lipinski definition) is 3. The lowest BCUT2D eigenvalue weighted by molar-refractivity contribution is -0.116. The summed E-state index contributed by atoms with van der Waals surface area (Å²) in [7, 11) is 0. The quantitative estimate of drug-likeness (QED) is 0.692. The van der Waals surface area contributed by atoms with Gasteiger partial charge in [-0.15, -0.1) is 0 Å². The molecule has 2 heterocycles. The Morgan fingerprint density at radius 2 is 1.88 bits per heavy atom. The fourth-order valence-electron chi connectivity index (χ4n) is 3.96. The van der Waals surface area contributed by atoms with Gasteiger partial charge in [0.1, 0.15) is 0 Å². The molecule has 0 saturated carbocycles. The van der Waals surface area contributed by atoms with E-state index in [-0.39, 0.29) is 11.8 Å². The van der Waals surface area contributed by atoms with Gasteiger partial charge in [0, 0.05) is 22.7 Å². The highest BCUT2D eigenvalue weighted by molar-refractivity contribution is 6.31. The fourth-order valence-corrected chi connectivity index (χ4v) is 4.20. The molecular formula is C20H16ClN3O. The number of fused-ring (bicyclic) bond motifs is 3. The van der Waals surface area contributed by atoms with Crippen molar-refractivity contribution in [2.75, 3.05) is 5.32 Å². The van der Waals surface area contributed by atoms with Crippen molar-refractivity contribution in [3.63, 3.8) is 0 Å². The molecule has 124 valence electrons. The number of halogens is 1. The molecule has 0 spiro atoms. The van der Waals surface area contributed by atoms with Crippen LogP contribution in [0.2, 0.25) is 5.02 Å². The van der Waals surface area contributed by atoms with E-state index in [0.29, 0.717) is 11.4 Å². The summed E-state index contributed by atoms with van der Waals surface area (Å²) in [5.74, 6) is 0.974. The van der Waals surface area contributed by atoms with Crippen LogP contribution in [-0.2, 0) is 4.79 Å². The average Bonchev–Trinajstić information content (AvgIpc) is 2.99. The molecule has 1 aliphatic carbocycles. The van der Waals surface area contributed by atoms with Gasteiger partial charge in [0.2, 0.25) is 5.95 Å². The number of nitrogens with zero attached hydrogens (tertiary/aromatic N) is 2. The Hall–Kier alpha value is -2.59. The first kappa shape index (κ1) is 14.7. The first-order chi connectivity index (χ1) is 12.2. The summed E-state index contributed by atoms with van der Waals surface area (Å²) < 4.78 is 2.11. The summed E-state index contributed by atoms with van der Waals surface area (Å²) in [5.41, 5.74) is 4.67. The van der Waals surface area contributed by atoms with E-state index in [0.717, 1.165) is 46.7 Å². The first-order valence-electron chi connectivity index (χ1n) is 8.48. The summed E-state index contributed by atoms with van der Waals surface area (Å²) in [6.45, 7) is 0. The van der Waals surface area contributed by atoms with Crippen molar-refractivity contribution in [1.29, 1.82) is 0 Å². The molecule has 5 rings (SSSR count). The molecule has 0 bridgehead atoms. The smallest absolute Gasteiger partial charge is 0.209 e. The highest BCUT2D eigenvalue weighted by Gasteiger charge is 2.37. The Labute approximate surface area is 150 Å². The SMILES string of the molecule is O=C1CCCC2=C1[C@H](c1ccccc1Cl)n1c(nc3ccccc31)N2. The van der Waals surface area contributed by atoms with Gasteiger partial charge in [0.25, 0.3) is 0 Å². The molecule has 2 aliphatic rings. The number of carbonyl (C=O) groups is 1. The summed E-state index contributed by atoms with van der Waals surface area (Å²) in [6, 6.07) is 15.5. The first-order valence-corrected chi connectivity index (χ1v) is 8.86. The maximum Gasteiger partial charge on any atom is 0.209 e. The number of anilines is 1. The molecule has 4 nitrogen and oxygen atoms in total. The van der Waals surface area contributed by atoms with Crippen molar-refractivity contribution in [2.45, 2.75) is 25.3 Å². The van der Waals surface area contributed by atoms with Crippen LogP contribution in [0.15, 0.2) is 59.8 Å². The molecule has 0 unspecified atom stereocenters. The van der Waals surface area contributed by atoms with Crippen molar-refractivity contribution in [1.82, 2.24) is 9.55 Å². The number of imidazole rings is 1. The maximum absolute atomic E-state index is 12.8. The van der Waals surface area contributed by atoms with Crippen molar-refractivity contribution in [3.05, 3.63) is 70.4 Å². The average molecular weight is 350 g/mol. The van der Waals surface area contributed by atoms with Gasteiger partial charge in [0.05, 0.1) is 17.1 Å². The minimum absolute atomic E-state index is 0.196. The third-order valence-corrected chi connectivity index (χ3v) is 5.39. The number of carbonyl (C=O) groups excluding carboxylic acids is 1. The van der Waals surface area contributed by atoms with Crippen molar-refractivity contribution < 1.29 is 4.79 Å². The topological polar surface area (TPSA) is 46.9 Å². The van der Waals surface area contributed by atoms with Gasteiger partial charge in [-0.3, -0.25) is 9.36 Å². The number of Topliss-reactive ketones (excluding diaryl/α,β-unsaturated/α-hetero) is 1. The van der Waals surface area contributed by atoms with E-state index in [1.54, 1.807) is 0 Å². The second-order valence-corrected chi connectivity index (χ2v) is 6.92.